The summed E-state index contributed by atoms with van der Waals surface area (Å²) in [5.74, 6) is 0.296. The van der Waals surface area contributed by atoms with E-state index in [-0.39, 0.29) is 18.4 Å². The van der Waals surface area contributed by atoms with Gasteiger partial charge in [-0.2, -0.15) is 4.80 Å². The fourth-order valence-electron chi connectivity index (χ4n) is 3.43. The van der Waals surface area contributed by atoms with Crippen LogP contribution in [-0.2, 0) is 17.8 Å². The largest absolute Gasteiger partial charge is 0.376 e. The van der Waals surface area contributed by atoms with Crippen LogP contribution in [0.5, 0.6) is 0 Å². The highest BCUT2D eigenvalue weighted by Gasteiger charge is 2.10. The average Bonchev–Trinajstić information content (AvgIpc) is 3.36. The Kier molecular flexibility index (Phi) is 7.47. The van der Waals surface area contributed by atoms with Crippen LogP contribution in [0, 0.1) is 0 Å². The molecule has 35 heavy (non-hydrogen) atoms. The molecule has 0 aliphatic heterocycles. The molecular weight excluding hydrogens is 442 g/mol. The highest BCUT2D eigenvalue weighted by Crippen LogP contribution is 2.14. The number of hydrogen-bond donors (Lipinski definition) is 2. The number of aromatic nitrogens is 4. The monoisotopic (exact) mass is 469 g/mol. The third-order valence-corrected chi connectivity index (χ3v) is 5.29. The molecule has 0 radical (unpaired) electrons. The van der Waals surface area contributed by atoms with Gasteiger partial charge in [-0.1, -0.05) is 48.5 Å². The molecule has 4 rings (SSSR count). The smallest absolute Gasteiger partial charge is 0.253 e. The van der Waals surface area contributed by atoms with E-state index in [0.29, 0.717) is 23.6 Å². The average molecular weight is 470 g/mol. The minimum absolute atomic E-state index is 0.107. The Morgan fingerprint density at radius 3 is 2.43 bits per heavy atom. The molecule has 9 nitrogen and oxygen atoms in total. The van der Waals surface area contributed by atoms with Crippen LogP contribution in [0.4, 0.5) is 11.4 Å². The molecule has 2 N–H and O–H groups in total. The first-order valence-electron chi connectivity index (χ1n) is 11.3. The molecule has 0 fully saturated rings. The Balaban J connectivity index is 1.24. The quantitative estimate of drug-likeness (QED) is 0.390. The number of benzene rings is 3. The standard InChI is InChI=1S/C26H27N7O2/c1-32(2)26(35)21-9-6-10-23(17-21)28-24(34)18-27-22-13-11-19(12-14-22)15-16-33-30-25(29-31-33)20-7-4-3-5-8-20/h3-14,17,27H,15-16,18H2,1-2H3,(H,28,34). The lowest BCUT2D eigenvalue weighted by atomic mass is 10.1. The number of tetrazole rings is 1. The zero-order chi connectivity index (χ0) is 24.6. The summed E-state index contributed by atoms with van der Waals surface area (Å²) in [5, 5.41) is 18.6. The van der Waals surface area contributed by atoms with Crippen LogP contribution >= 0.6 is 0 Å². The predicted molar refractivity (Wildman–Crippen MR) is 135 cm³/mol. The van der Waals surface area contributed by atoms with Crippen LogP contribution in [0.15, 0.2) is 78.9 Å². The molecule has 3 aromatic carbocycles. The van der Waals surface area contributed by atoms with Gasteiger partial charge in [0.25, 0.3) is 5.91 Å². The highest BCUT2D eigenvalue weighted by molar-refractivity contribution is 5.97. The summed E-state index contributed by atoms with van der Waals surface area (Å²) in [4.78, 5) is 27.5. The van der Waals surface area contributed by atoms with Crippen LogP contribution in [0.3, 0.4) is 0 Å². The Bertz CT molecular complexity index is 1280. The maximum atomic E-state index is 12.3. The topological polar surface area (TPSA) is 105 Å². The van der Waals surface area contributed by atoms with Crippen molar-refractivity contribution in [3.05, 3.63) is 90.0 Å². The van der Waals surface area contributed by atoms with Gasteiger partial charge in [0.2, 0.25) is 11.7 Å². The maximum Gasteiger partial charge on any atom is 0.253 e. The molecule has 1 aromatic heterocycles. The summed E-state index contributed by atoms with van der Waals surface area (Å²) < 4.78 is 0. The van der Waals surface area contributed by atoms with Gasteiger partial charge in [0.15, 0.2) is 0 Å². The van der Waals surface area contributed by atoms with E-state index >= 15 is 0 Å². The Morgan fingerprint density at radius 2 is 1.69 bits per heavy atom. The van der Waals surface area contributed by atoms with Gasteiger partial charge >= 0.3 is 0 Å². The van der Waals surface area contributed by atoms with E-state index in [1.165, 1.54) is 4.90 Å². The number of nitrogens with one attached hydrogen (secondary N) is 2. The highest BCUT2D eigenvalue weighted by atomic mass is 16.2. The van der Waals surface area contributed by atoms with E-state index in [9.17, 15) is 9.59 Å². The minimum atomic E-state index is -0.199. The van der Waals surface area contributed by atoms with Crippen LogP contribution in [0.1, 0.15) is 15.9 Å². The van der Waals surface area contributed by atoms with E-state index in [2.05, 4.69) is 26.0 Å². The number of hydrogen-bond acceptors (Lipinski definition) is 6. The van der Waals surface area contributed by atoms with Crippen molar-refractivity contribution in [2.24, 2.45) is 0 Å². The second-order valence-electron chi connectivity index (χ2n) is 8.20. The Morgan fingerprint density at radius 1 is 0.914 bits per heavy atom. The van der Waals surface area contributed by atoms with Crippen molar-refractivity contribution in [3.63, 3.8) is 0 Å². The normalized spacial score (nSPS) is 10.6. The predicted octanol–water partition coefficient (Wildman–Crippen LogP) is 3.34. The van der Waals surface area contributed by atoms with Crippen molar-refractivity contribution in [2.45, 2.75) is 13.0 Å². The van der Waals surface area contributed by atoms with E-state index in [1.54, 1.807) is 43.2 Å². The number of amides is 2. The van der Waals surface area contributed by atoms with E-state index in [1.807, 2.05) is 54.6 Å². The van der Waals surface area contributed by atoms with Gasteiger partial charge in [-0.05, 0) is 47.5 Å². The summed E-state index contributed by atoms with van der Waals surface area (Å²) in [6.07, 6.45) is 0.757. The maximum absolute atomic E-state index is 12.3. The van der Waals surface area contributed by atoms with Crippen molar-refractivity contribution in [1.82, 2.24) is 25.1 Å². The third-order valence-electron chi connectivity index (χ3n) is 5.29. The van der Waals surface area contributed by atoms with Crippen LogP contribution in [-0.4, -0.2) is 57.6 Å². The third kappa shape index (κ3) is 6.50. The number of aryl methyl sites for hydroxylation is 2. The molecule has 178 valence electrons. The molecule has 2 amide bonds. The number of carbonyl (C=O) groups is 2. The Labute approximate surface area is 203 Å². The molecule has 0 bridgehead atoms. The lowest BCUT2D eigenvalue weighted by Gasteiger charge is -2.12. The van der Waals surface area contributed by atoms with Gasteiger partial charge in [-0.25, -0.2) is 0 Å². The van der Waals surface area contributed by atoms with Crippen molar-refractivity contribution < 1.29 is 9.59 Å². The second kappa shape index (κ2) is 11.1. The first-order chi connectivity index (χ1) is 17.0. The number of anilines is 2. The molecule has 0 saturated carbocycles. The summed E-state index contributed by atoms with van der Waals surface area (Å²) >= 11 is 0. The van der Waals surface area contributed by atoms with E-state index in [4.69, 9.17) is 0 Å². The minimum Gasteiger partial charge on any atom is -0.376 e. The zero-order valence-corrected chi connectivity index (χ0v) is 19.7. The zero-order valence-electron chi connectivity index (χ0n) is 19.7. The van der Waals surface area contributed by atoms with Gasteiger partial charge in [0, 0.05) is 36.6 Å². The van der Waals surface area contributed by atoms with Gasteiger partial charge in [0.1, 0.15) is 0 Å². The van der Waals surface area contributed by atoms with Gasteiger partial charge in [-0.15, -0.1) is 10.2 Å². The molecule has 9 heteroatoms. The summed E-state index contributed by atoms with van der Waals surface area (Å²) in [6, 6.07) is 24.5. The molecule has 0 unspecified atom stereocenters. The van der Waals surface area contributed by atoms with Crippen LogP contribution in [0.25, 0.3) is 11.4 Å². The van der Waals surface area contributed by atoms with E-state index in [0.717, 1.165) is 23.2 Å². The van der Waals surface area contributed by atoms with Gasteiger partial charge in [-0.3, -0.25) is 9.59 Å². The lowest BCUT2D eigenvalue weighted by Crippen LogP contribution is -2.23. The molecule has 0 atom stereocenters. The van der Waals surface area contributed by atoms with Crippen molar-refractivity contribution in [1.29, 1.82) is 0 Å². The van der Waals surface area contributed by atoms with Gasteiger partial charge in [0.05, 0.1) is 13.1 Å². The van der Waals surface area contributed by atoms with Crippen LogP contribution < -0.4 is 10.6 Å². The van der Waals surface area contributed by atoms with Crippen molar-refractivity contribution in [3.8, 4) is 11.4 Å². The molecular formula is C26H27N7O2. The number of carbonyl (C=O) groups excluding carboxylic acids is 2. The second-order valence-corrected chi connectivity index (χ2v) is 8.20. The number of rotatable bonds is 9. The fourth-order valence-corrected chi connectivity index (χ4v) is 3.43. The SMILES string of the molecule is CN(C)C(=O)c1cccc(NC(=O)CNc2ccc(CCn3nnc(-c4ccccc4)n3)cc2)c1. The molecule has 0 saturated heterocycles. The molecule has 0 spiro atoms. The summed E-state index contributed by atoms with van der Waals surface area (Å²) in [7, 11) is 3.38. The summed E-state index contributed by atoms with van der Waals surface area (Å²) in [6.45, 7) is 0.723. The molecule has 4 aromatic rings. The first kappa shape index (κ1) is 23.6. The van der Waals surface area contributed by atoms with Crippen molar-refractivity contribution in [2.75, 3.05) is 31.3 Å². The molecule has 0 aliphatic carbocycles. The first-order valence-corrected chi connectivity index (χ1v) is 11.3. The Hall–Kier alpha value is -4.53. The molecule has 0 aliphatic rings. The lowest BCUT2D eigenvalue weighted by molar-refractivity contribution is -0.114. The van der Waals surface area contributed by atoms with E-state index < -0.39 is 0 Å². The van der Waals surface area contributed by atoms with Crippen molar-refractivity contribution >= 4 is 23.2 Å². The summed E-state index contributed by atoms with van der Waals surface area (Å²) in [5.41, 5.74) is 4.00. The fraction of sp³-hybridized carbons (Fsp3) is 0.192. The molecule has 1 heterocycles. The van der Waals surface area contributed by atoms with Crippen LogP contribution in [0.2, 0.25) is 0 Å². The number of nitrogens with zero attached hydrogens (tertiary/aromatic N) is 5. The van der Waals surface area contributed by atoms with Gasteiger partial charge < -0.3 is 15.5 Å².